The van der Waals surface area contributed by atoms with Gasteiger partial charge < -0.3 is 5.11 Å². The molecule has 0 fully saturated rings. The lowest BCUT2D eigenvalue weighted by atomic mass is 10.3. The number of hydrogen-bond acceptors (Lipinski definition) is 6. The first kappa shape index (κ1) is 14.9. The molecule has 2 aromatic rings. The molecule has 0 bridgehead atoms. The zero-order chi connectivity index (χ0) is 14.8. The number of thiazole rings is 1. The van der Waals surface area contributed by atoms with Crippen molar-refractivity contribution in [3.8, 4) is 0 Å². The lowest BCUT2D eigenvalue weighted by Gasteiger charge is -2.01. The van der Waals surface area contributed by atoms with Gasteiger partial charge in [-0.3, -0.25) is 9.52 Å². The Bertz CT molecular complexity index is 718. The van der Waals surface area contributed by atoms with Crippen molar-refractivity contribution in [3.05, 3.63) is 28.1 Å². The van der Waals surface area contributed by atoms with Crippen LogP contribution in [0.25, 0.3) is 0 Å². The van der Waals surface area contributed by atoms with Crippen LogP contribution < -0.4 is 4.72 Å². The van der Waals surface area contributed by atoms with Crippen molar-refractivity contribution in [3.63, 3.8) is 0 Å². The molecule has 20 heavy (non-hydrogen) atoms. The van der Waals surface area contributed by atoms with E-state index in [2.05, 4.69) is 9.71 Å². The number of carboxylic acid groups (broad SMARTS) is 1. The predicted molar refractivity (Wildman–Crippen MR) is 78.0 cm³/mol. The minimum atomic E-state index is -3.65. The summed E-state index contributed by atoms with van der Waals surface area (Å²) >= 11 is 2.27. The summed E-state index contributed by atoms with van der Waals surface area (Å²) < 4.78 is 26.8. The molecule has 2 aromatic heterocycles. The average molecular weight is 332 g/mol. The molecule has 0 spiro atoms. The van der Waals surface area contributed by atoms with Crippen LogP contribution in [0.5, 0.6) is 0 Å². The molecule has 0 aliphatic rings. The number of aliphatic carboxylic acids is 1. The van der Waals surface area contributed by atoms with Gasteiger partial charge in [0.05, 0.1) is 12.1 Å². The van der Waals surface area contributed by atoms with Crippen molar-refractivity contribution in [1.82, 2.24) is 4.98 Å². The van der Waals surface area contributed by atoms with E-state index < -0.39 is 16.0 Å². The number of rotatable bonds is 6. The molecule has 2 rings (SSSR count). The van der Waals surface area contributed by atoms with Gasteiger partial charge in [0.15, 0.2) is 5.13 Å². The molecule has 2 heterocycles. The third-order valence-electron chi connectivity index (χ3n) is 2.36. The molecule has 9 heteroatoms. The van der Waals surface area contributed by atoms with Crippen LogP contribution in [0.3, 0.4) is 0 Å². The van der Waals surface area contributed by atoms with Crippen LogP contribution >= 0.6 is 22.7 Å². The van der Waals surface area contributed by atoms with Crippen LogP contribution in [0, 0.1) is 0 Å². The van der Waals surface area contributed by atoms with Crippen molar-refractivity contribution in [1.29, 1.82) is 0 Å². The Hall–Kier alpha value is -1.45. The summed E-state index contributed by atoms with van der Waals surface area (Å²) in [5.41, 5.74) is 0.334. The van der Waals surface area contributed by atoms with E-state index >= 15 is 0 Å². The summed E-state index contributed by atoms with van der Waals surface area (Å²) in [5, 5.41) is 10.3. The first-order valence-corrected chi connectivity index (χ1v) is 8.86. The normalized spacial score (nSPS) is 11.4. The van der Waals surface area contributed by atoms with Crippen LogP contribution in [0.2, 0.25) is 0 Å². The Morgan fingerprint density at radius 3 is 2.80 bits per heavy atom. The fourth-order valence-electron chi connectivity index (χ4n) is 1.45. The Balaban J connectivity index is 2.15. The molecule has 6 nitrogen and oxygen atoms in total. The number of carbonyl (C=O) groups is 1. The molecule has 0 saturated heterocycles. The highest BCUT2D eigenvalue weighted by Gasteiger charge is 2.18. The summed E-state index contributed by atoms with van der Waals surface area (Å²) in [6, 6.07) is 3.33. The van der Waals surface area contributed by atoms with E-state index in [-0.39, 0.29) is 15.8 Å². The van der Waals surface area contributed by atoms with E-state index in [1.165, 1.54) is 16.7 Å². The quantitative estimate of drug-likeness (QED) is 0.845. The van der Waals surface area contributed by atoms with Crippen LogP contribution in [0.15, 0.2) is 21.7 Å². The predicted octanol–water partition coefficient (Wildman–Crippen LogP) is 2.19. The SMILES string of the molecule is CCc1ccc(S(=O)(=O)Nc2nc(CC(=O)O)cs2)s1. The molecule has 0 aliphatic carbocycles. The molecule has 108 valence electrons. The van der Waals surface area contributed by atoms with Gasteiger partial charge in [0, 0.05) is 10.3 Å². The minimum Gasteiger partial charge on any atom is -0.481 e. The number of hydrogen-bond donors (Lipinski definition) is 2. The molecule has 0 saturated carbocycles. The third-order valence-corrected chi connectivity index (χ3v) is 6.35. The molecule has 0 unspecified atom stereocenters. The largest absolute Gasteiger partial charge is 0.481 e. The van der Waals surface area contributed by atoms with Gasteiger partial charge in [-0.05, 0) is 18.6 Å². The first-order valence-electron chi connectivity index (χ1n) is 5.68. The Morgan fingerprint density at radius 2 is 2.20 bits per heavy atom. The average Bonchev–Trinajstić information content (AvgIpc) is 2.97. The number of sulfonamides is 1. The van der Waals surface area contributed by atoms with Gasteiger partial charge in [-0.15, -0.1) is 22.7 Å². The molecule has 0 aromatic carbocycles. The van der Waals surface area contributed by atoms with Gasteiger partial charge in [-0.2, -0.15) is 0 Å². The van der Waals surface area contributed by atoms with Crippen molar-refractivity contribution in [2.24, 2.45) is 0 Å². The molecular formula is C11H12N2O4S3. The topological polar surface area (TPSA) is 96.4 Å². The van der Waals surface area contributed by atoms with Crippen LogP contribution in [-0.2, 0) is 27.7 Å². The van der Waals surface area contributed by atoms with Crippen LogP contribution in [0.1, 0.15) is 17.5 Å². The van der Waals surface area contributed by atoms with E-state index in [0.29, 0.717) is 5.69 Å². The molecule has 0 atom stereocenters. The fourth-order valence-corrected chi connectivity index (χ4v) is 4.71. The highest BCUT2D eigenvalue weighted by molar-refractivity contribution is 7.94. The number of carboxylic acids is 1. The molecule has 0 amide bonds. The van der Waals surface area contributed by atoms with E-state index in [9.17, 15) is 13.2 Å². The number of aryl methyl sites for hydroxylation is 1. The third kappa shape index (κ3) is 3.56. The lowest BCUT2D eigenvalue weighted by molar-refractivity contribution is -0.136. The summed E-state index contributed by atoms with van der Waals surface area (Å²) in [7, 11) is -3.65. The van der Waals surface area contributed by atoms with E-state index in [4.69, 9.17) is 5.11 Å². The zero-order valence-corrected chi connectivity index (χ0v) is 12.9. The van der Waals surface area contributed by atoms with Gasteiger partial charge in [0.1, 0.15) is 4.21 Å². The maximum absolute atomic E-state index is 12.1. The monoisotopic (exact) mass is 332 g/mol. The zero-order valence-electron chi connectivity index (χ0n) is 10.5. The number of thiophene rings is 1. The standard InChI is InChI=1S/C11H12N2O4S3/c1-2-8-3-4-10(19-8)20(16,17)13-11-12-7(6-18-11)5-9(14)15/h3-4,6H,2,5H2,1H3,(H,12,13)(H,14,15). The highest BCUT2D eigenvalue weighted by Crippen LogP contribution is 2.25. The second-order valence-corrected chi connectivity index (χ2v) is 7.83. The van der Waals surface area contributed by atoms with Crippen molar-refractivity contribution >= 4 is 43.8 Å². The van der Waals surface area contributed by atoms with Crippen molar-refractivity contribution in [2.75, 3.05) is 4.72 Å². The maximum Gasteiger partial charge on any atom is 0.309 e. The summed E-state index contributed by atoms with van der Waals surface area (Å²) in [6.07, 6.45) is 0.553. The Morgan fingerprint density at radius 1 is 1.45 bits per heavy atom. The van der Waals surface area contributed by atoms with Gasteiger partial charge in [-0.25, -0.2) is 13.4 Å². The number of aromatic nitrogens is 1. The van der Waals surface area contributed by atoms with Gasteiger partial charge in [0.2, 0.25) is 0 Å². The smallest absolute Gasteiger partial charge is 0.309 e. The Labute approximate surface area is 124 Å². The van der Waals surface area contributed by atoms with Crippen molar-refractivity contribution < 1.29 is 18.3 Å². The summed E-state index contributed by atoms with van der Waals surface area (Å²) in [5.74, 6) is -1.00. The number of nitrogens with zero attached hydrogens (tertiary/aromatic N) is 1. The Kier molecular flexibility index (Phi) is 4.41. The highest BCUT2D eigenvalue weighted by atomic mass is 32.2. The van der Waals surface area contributed by atoms with Crippen LogP contribution in [0.4, 0.5) is 5.13 Å². The van der Waals surface area contributed by atoms with Gasteiger partial charge >= 0.3 is 5.97 Å². The van der Waals surface area contributed by atoms with Crippen molar-refractivity contribution in [2.45, 2.75) is 24.0 Å². The first-order chi connectivity index (χ1) is 9.40. The maximum atomic E-state index is 12.1. The van der Waals surface area contributed by atoms with E-state index in [1.807, 2.05) is 6.92 Å². The molecule has 0 radical (unpaired) electrons. The molecule has 2 N–H and O–H groups in total. The summed E-state index contributed by atoms with van der Waals surface area (Å²) in [4.78, 5) is 15.5. The number of nitrogens with one attached hydrogen (secondary N) is 1. The number of anilines is 1. The minimum absolute atomic E-state index is 0.174. The van der Waals surface area contributed by atoms with Gasteiger partial charge in [-0.1, -0.05) is 6.92 Å². The fraction of sp³-hybridized carbons (Fsp3) is 0.273. The summed E-state index contributed by atoms with van der Waals surface area (Å²) in [6.45, 7) is 1.95. The lowest BCUT2D eigenvalue weighted by Crippen LogP contribution is -2.11. The van der Waals surface area contributed by atoms with E-state index in [1.54, 1.807) is 12.1 Å². The molecular weight excluding hydrogens is 320 g/mol. The van der Waals surface area contributed by atoms with Crippen LogP contribution in [-0.4, -0.2) is 24.5 Å². The van der Waals surface area contributed by atoms with Gasteiger partial charge in [0.25, 0.3) is 10.0 Å². The van der Waals surface area contributed by atoms with E-state index in [0.717, 1.165) is 22.6 Å². The second-order valence-electron chi connectivity index (χ2n) is 3.89. The molecule has 0 aliphatic heterocycles. The second kappa shape index (κ2) is 5.90.